The first-order chi connectivity index (χ1) is 10.4. The average molecular weight is 309 g/mol. The molecule has 6 nitrogen and oxygen atoms in total. The molecule has 1 aliphatic heterocycles. The molecule has 2 heterocycles. The highest BCUT2D eigenvalue weighted by Gasteiger charge is 2.39. The van der Waals surface area contributed by atoms with Gasteiger partial charge in [0.15, 0.2) is 0 Å². The summed E-state index contributed by atoms with van der Waals surface area (Å²) in [5.41, 5.74) is 0.369. The molecule has 1 fully saturated rings. The molecule has 2 atom stereocenters. The molecule has 22 heavy (non-hydrogen) atoms. The molecule has 124 valence electrons. The molecule has 0 radical (unpaired) electrons. The number of ether oxygens (including phenoxy) is 1. The zero-order chi connectivity index (χ0) is 16.2. The number of aliphatic hydroxyl groups is 1. The Balaban J connectivity index is 1.83. The van der Waals surface area contributed by atoms with E-state index in [0.29, 0.717) is 45.4 Å². The van der Waals surface area contributed by atoms with Crippen LogP contribution in [-0.4, -0.2) is 58.1 Å². The van der Waals surface area contributed by atoms with Crippen LogP contribution in [0.1, 0.15) is 31.7 Å². The van der Waals surface area contributed by atoms with Gasteiger partial charge in [-0.05, 0) is 24.8 Å². The number of aromatic nitrogens is 2. The molecule has 1 aromatic rings. The second-order valence-electron chi connectivity index (χ2n) is 6.36. The average Bonchev–Trinajstić information content (AvgIpc) is 2.91. The van der Waals surface area contributed by atoms with E-state index in [1.807, 2.05) is 25.1 Å². The number of amides is 1. The molecule has 0 aliphatic carbocycles. The van der Waals surface area contributed by atoms with E-state index in [-0.39, 0.29) is 11.8 Å². The Hall–Kier alpha value is -1.40. The molecule has 1 amide bonds. The highest BCUT2D eigenvalue weighted by Crippen LogP contribution is 2.31. The Labute approximate surface area is 132 Å². The molecule has 0 bridgehead atoms. The number of carbonyl (C=O) groups is 1. The molecule has 0 aromatic carbocycles. The first-order valence-corrected chi connectivity index (χ1v) is 7.91. The van der Waals surface area contributed by atoms with Gasteiger partial charge in [-0.25, -0.2) is 0 Å². The van der Waals surface area contributed by atoms with Gasteiger partial charge in [-0.2, -0.15) is 5.10 Å². The monoisotopic (exact) mass is 309 g/mol. The van der Waals surface area contributed by atoms with Crippen molar-refractivity contribution in [1.82, 2.24) is 14.7 Å². The van der Waals surface area contributed by atoms with E-state index >= 15 is 0 Å². The van der Waals surface area contributed by atoms with Gasteiger partial charge in [-0.15, -0.1) is 0 Å². The van der Waals surface area contributed by atoms with Crippen LogP contribution in [0, 0.1) is 5.92 Å². The molecule has 2 rings (SSSR count). The lowest BCUT2D eigenvalue weighted by Crippen LogP contribution is -2.52. The first kappa shape index (κ1) is 17.0. The standard InChI is InChI=1S/C16H27N3O3/c1-13-11-19(8-6-16(13,21)7-9-22-3)15(20)5-4-14-10-17-18(2)12-14/h10,12-13,21H,4-9,11H2,1-3H3/t13-,16-/m1/s1. The fourth-order valence-electron chi connectivity index (χ4n) is 3.05. The topological polar surface area (TPSA) is 67.6 Å². The van der Waals surface area contributed by atoms with Gasteiger partial charge in [0.2, 0.25) is 5.91 Å². The minimum Gasteiger partial charge on any atom is -0.389 e. The van der Waals surface area contributed by atoms with Crippen LogP contribution in [0.25, 0.3) is 0 Å². The van der Waals surface area contributed by atoms with Gasteiger partial charge in [-0.3, -0.25) is 9.48 Å². The third kappa shape index (κ3) is 4.08. The second kappa shape index (κ2) is 7.24. The summed E-state index contributed by atoms with van der Waals surface area (Å²) in [6.45, 7) is 3.80. The van der Waals surface area contributed by atoms with Crippen molar-refractivity contribution in [3.63, 3.8) is 0 Å². The van der Waals surface area contributed by atoms with Gasteiger partial charge in [0.25, 0.3) is 0 Å². The van der Waals surface area contributed by atoms with Crippen LogP contribution in [0.2, 0.25) is 0 Å². The number of methoxy groups -OCH3 is 1. The van der Waals surface area contributed by atoms with Gasteiger partial charge in [-0.1, -0.05) is 6.92 Å². The minimum atomic E-state index is -0.712. The van der Waals surface area contributed by atoms with Crippen molar-refractivity contribution in [3.05, 3.63) is 18.0 Å². The van der Waals surface area contributed by atoms with E-state index in [0.717, 1.165) is 5.56 Å². The quantitative estimate of drug-likeness (QED) is 0.851. The molecule has 1 aromatic heterocycles. The Morgan fingerprint density at radius 3 is 2.95 bits per heavy atom. The maximum Gasteiger partial charge on any atom is 0.222 e. The molecule has 1 aliphatic rings. The van der Waals surface area contributed by atoms with Gasteiger partial charge in [0, 0.05) is 52.4 Å². The van der Waals surface area contributed by atoms with Crippen molar-refractivity contribution in [2.45, 2.75) is 38.2 Å². The number of likely N-dealkylation sites (tertiary alicyclic amines) is 1. The molecule has 1 N–H and O–H groups in total. The van der Waals surface area contributed by atoms with E-state index in [2.05, 4.69) is 5.10 Å². The number of carbonyl (C=O) groups excluding carboxylic acids is 1. The van der Waals surface area contributed by atoms with Crippen LogP contribution in [0.15, 0.2) is 12.4 Å². The number of aryl methyl sites for hydroxylation is 2. The Morgan fingerprint density at radius 2 is 2.36 bits per heavy atom. The minimum absolute atomic E-state index is 0.0683. The van der Waals surface area contributed by atoms with Crippen molar-refractivity contribution in [2.24, 2.45) is 13.0 Å². The SMILES string of the molecule is COCC[C@]1(O)CCN(C(=O)CCc2cnn(C)c2)C[C@H]1C. The van der Waals surface area contributed by atoms with E-state index in [9.17, 15) is 9.90 Å². The molecule has 0 spiro atoms. The van der Waals surface area contributed by atoms with Crippen LogP contribution in [0.5, 0.6) is 0 Å². The highest BCUT2D eigenvalue weighted by molar-refractivity contribution is 5.76. The van der Waals surface area contributed by atoms with E-state index in [1.165, 1.54) is 0 Å². The molecule has 0 unspecified atom stereocenters. The third-order valence-corrected chi connectivity index (χ3v) is 4.70. The number of rotatable bonds is 6. The summed E-state index contributed by atoms with van der Waals surface area (Å²) in [5, 5.41) is 14.8. The summed E-state index contributed by atoms with van der Waals surface area (Å²) >= 11 is 0. The summed E-state index contributed by atoms with van der Waals surface area (Å²) < 4.78 is 6.82. The van der Waals surface area contributed by atoms with Crippen LogP contribution in [0.4, 0.5) is 0 Å². The fourth-order valence-corrected chi connectivity index (χ4v) is 3.05. The highest BCUT2D eigenvalue weighted by atomic mass is 16.5. The van der Waals surface area contributed by atoms with E-state index < -0.39 is 5.60 Å². The van der Waals surface area contributed by atoms with Crippen LogP contribution < -0.4 is 0 Å². The lowest BCUT2D eigenvalue weighted by atomic mass is 9.80. The normalized spacial score (nSPS) is 25.5. The third-order valence-electron chi connectivity index (χ3n) is 4.70. The number of hydrogen-bond acceptors (Lipinski definition) is 4. The van der Waals surface area contributed by atoms with Crippen LogP contribution >= 0.6 is 0 Å². The Morgan fingerprint density at radius 1 is 1.59 bits per heavy atom. The van der Waals surface area contributed by atoms with E-state index in [4.69, 9.17) is 4.74 Å². The van der Waals surface area contributed by atoms with Crippen molar-refractivity contribution < 1.29 is 14.6 Å². The molecule has 1 saturated heterocycles. The fraction of sp³-hybridized carbons (Fsp3) is 0.750. The second-order valence-corrected chi connectivity index (χ2v) is 6.36. The Kier molecular flexibility index (Phi) is 5.58. The largest absolute Gasteiger partial charge is 0.389 e. The summed E-state index contributed by atoms with van der Waals surface area (Å²) in [4.78, 5) is 14.2. The first-order valence-electron chi connectivity index (χ1n) is 7.91. The van der Waals surface area contributed by atoms with Gasteiger partial charge >= 0.3 is 0 Å². The van der Waals surface area contributed by atoms with Gasteiger partial charge in [0.1, 0.15) is 0 Å². The zero-order valence-corrected chi connectivity index (χ0v) is 13.8. The summed E-state index contributed by atoms with van der Waals surface area (Å²) in [6, 6.07) is 0. The van der Waals surface area contributed by atoms with E-state index in [1.54, 1.807) is 18.0 Å². The smallest absolute Gasteiger partial charge is 0.222 e. The maximum absolute atomic E-state index is 12.3. The summed E-state index contributed by atoms with van der Waals surface area (Å²) in [7, 11) is 3.52. The number of hydrogen-bond donors (Lipinski definition) is 1. The zero-order valence-electron chi connectivity index (χ0n) is 13.8. The predicted octanol–water partition coefficient (Wildman–Crippen LogP) is 0.989. The van der Waals surface area contributed by atoms with Crippen molar-refractivity contribution >= 4 is 5.91 Å². The predicted molar refractivity (Wildman–Crippen MR) is 83.3 cm³/mol. The molecular formula is C16H27N3O3. The van der Waals surface area contributed by atoms with Crippen LogP contribution in [0.3, 0.4) is 0 Å². The van der Waals surface area contributed by atoms with Crippen LogP contribution in [-0.2, 0) is 23.0 Å². The lowest BCUT2D eigenvalue weighted by molar-refractivity contribution is -0.140. The molecular weight excluding hydrogens is 282 g/mol. The van der Waals surface area contributed by atoms with Crippen molar-refractivity contribution in [1.29, 1.82) is 0 Å². The Bertz CT molecular complexity index is 503. The summed E-state index contributed by atoms with van der Waals surface area (Å²) in [5.74, 6) is 0.225. The van der Waals surface area contributed by atoms with Crippen molar-refractivity contribution in [2.75, 3.05) is 26.8 Å². The number of nitrogens with zero attached hydrogens (tertiary/aromatic N) is 3. The summed E-state index contributed by atoms with van der Waals surface area (Å²) in [6.07, 6.45) is 6.20. The number of piperidine rings is 1. The molecule has 0 saturated carbocycles. The van der Waals surface area contributed by atoms with Gasteiger partial charge < -0.3 is 14.7 Å². The lowest BCUT2D eigenvalue weighted by Gasteiger charge is -2.43. The maximum atomic E-state index is 12.3. The molecule has 6 heteroatoms. The van der Waals surface area contributed by atoms with Gasteiger partial charge in [0.05, 0.1) is 11.8 Å². The van der Waals surface area contributed by atoms with Crippen molar-refractivity contribution in [3.8, 4) is 0 Å².